The Bertz CT molecular complexity index is 1010. The first-order chi connectivity index (χ1) is 12.5. The lowest BCUT2D eigenvalue weighted by Crippen LogP contribution is -2.28. The van der Waals surface area contributed by atoms with Crippen molar-refractivity contribution >= 4 is 34.1 Å². The summed E-state index contributed by atoms with van der Waals surface area (Å²) in [5.41, 5.74) is 2.33. The van der Waals surface area contributed by atoms with E-state index in [0.29, 0.717) is 5.69 Å². The Morgan fingerprint density at radius 3 is 3.00 bits per heavy atom. The number of aryl methyl sites for hydroxylation is 1. The number of carbonyl (C=O) groups excluding carboxylic acids is 2. The van der Waals surface area contributed by atoms with Crippen molar-refractivity contribution in [3.63, 3.8) is 0 Å². The van der Waals surface area contributed by atoms with Gasteiger partial charge in [-0.1, -0.05) is 18.2 Å². The van der Waals surface area contributed by atoms with Gasteiger partial charge >= 0.3 is 0 Å². The zero-order valence-electron chi connectivity index (χ0n) is 14.1. The molecule has 0 radical (unpaired) electrons. The van der Waals surface area contributed by atoms with Crippen molar-refractivity contribution in [1.82, 2.24) is 10.2 Å². The normalized spacial score (nSPS) is 17.1. The molecule has 1 unspecified atom stereocenters. The molecule has 0 saturated carbocycles. The third-order valence-electron chi connectivity index (χ3n) is 4.62. The number of amides is 2. The topological polar surface area (TPSA) is 78.1 Å². The summed E-state index contributed by atoms with van der Waals surface area (Å²) in [4.78, 5) is 26.3. The van der Waals surface area contributed by atoms with Gasteiger partial charge in [0.25, 0.3) is 0 Å². The highest BCUT2D eigenvalue weighted by atomic mass is 19.1. The Balaban J connectivity index is 1.53. The number of anilines is 2. The molecule has 1 atom stereocenters. The molecule has 26 heavy (non-hydrogen) atoms. The van der Waals surface area contributed by atoms with Gasteiger partial charge in [-0.3, -0.25) is 14.7 Å². The molecule has 2 N–H and O–H groups in total. The number of nitrogens with one attached hydrogen (secondary N) is 2. The third-order valence-corrected chi connectivity index (χ3v) is 4.62. The number of benzene rings is 2. The average Bonchev–Trinajstić information content (AvgIpc) is 3.22. The molecular weight excluding hydrogens is 335 g/mol. The van der Waals surface area contributed by atoms with Crippen molar-refractivity contribution in [3.05, 3.63) is 54.0 Å². The zero-order chi connectivity index (χ0) is 18.3. The van der Waals surface area contributed by atoms with E-state index in [2.05, 4.69) is 15.5 Å². The molecule has 1 saturated heterocycles. The minimum atomic E-state index is -0.540. The predicted octanol–water partition coefficient (Wildman–Crippen LogP) is 3.00. The summed E-state index contributed by atoms with van der Waals surface area (Å²) in [7, 11) is 0. The van der Waals surface area contributed by atoms with E-state index in [9.17, 15) is 14.0 Å². The molecule has 1 fully saturated rings. The van der Waals surface area contributed by atoms with E-state index in [1.807, 2.05) is 12.1 Å². The van der Waals surface area contributed by atoms with E-state index in [-0.39, 0.29) is 30.5 Å². The predicted molar refractivity (Wildman–Crippen MR) is 96.3 cm³/mol. The van der Waals surface area contributed by atoms with Crippen molar-refractivity contribution in [2.45, 2.75) is 13.3 Å². The zero-order valence-corrected chi connectivity index (χ0v) is 14.1. The van der Waals surface area contributed by atoms with Gasteiger partial charge in [0, 0.05) is 18.4 Å². The van der Waals surface area contributed by atoms with Crippen LogP contribution in [0.2, 0.25) is 0 Å². The van der Waals surface area contributed by atoms with Crippen LogP contribution in [0.4, 0.5) is 15.8 Å². The summed E-state index contributed by atoms with van der Waals surface area (Å²) in [6.07, 6.45) is 1.73. The van der Waals surface area contributed by atoms with Crippen LogP contribution in [0.15, 0.2) is 42.6 Å². The quantitative estimate of drug-likeness (QED) is 0.761. The van der Waals surface area contributed by atoms with Crippen LogP contribution in [0.5, 0.6) is 0 Å². The maximum Gasteiger partial charge on any atom is 0.229 e. The minimum absolute atomic E-state index is 0.0537. The van der Waals surface area contributed by atoms with Crippen molar-refractivity contribution in [1.29, 1.82) is 0 Å². The number of hydrogen-bond donors (Lipinski definition) is 2. The lowest BCUT2D eigenvalue weighted by atomic mass is 10.1. The van der Waals surface area contributed by atoms with E-state index in [1.54, 1.807) is 31.3 Å². The Morgan fingerprint density at radius 2 is 2.19 bits per heavy atom. The summed E-state index contributed by atoms with van der Waals surface area (Å²) >= 11 is 0. The highest BCUT2D eigenvalue weighted by Crippen LogP contribution is 2.29. The number of para-hydroxylation sites is 1. The molecule has 3 aromatic rings. The molecule has 7 heteroatoms. The first-order valence-electron chi connectivity index (χ1n) is 8.32. The Kier molecular flexibility index (Phi) is 3.91. The third kappa shape index (κ3) is 2.81. The molecule has 0 bridgehead atoms. The van der Waals surface area contributed by atoms with Crippen molar-refractivity contribution in [2.75, 3.05) is 16.8 Å². The standard InChI is InChI=1S/C19H17FN4O2/c1-11-5-6-16(14(20)7-11)24-10-13(8-17(24)25)19(26)22-15-4-2-3-12-9-21-23-18(12)15/h2-7,9,13H,8,10H2,1H3,(H,21,23)(H,22,26). The van der Waals surface area contributed by atoms with E-state index in [1.165, 1.54) is 11.0 Å². The molecule has 132 valence electrons. The van der Waals surface area contributed by atoms with Crippen molar-refractivity contribution in [2.24, 2.45) is 5.92 Å². The Hall–Kier alpha value is -3.22. The first-order valence-corrected chi connectivity index (χ1v) is 8.32. The number of rotatable bonds is 3. The fourth-order valence-electron chi connectivity index (χ4n) is 3.25. The van der Waals surface area contributed by atoms with Gasteiger partial charge in [0.05, 0.1) is 29.0 Å². The monoisotopic (exact) mass is 352 g/mol. The second-order valence-electron chi connectivity index (χ2n) is 6.49. The van der Waals surface area contributed by atoms with E-state index < -0.39 is 11.7 Å². The highest BCUT2D eigenvalue weighted by Gasteiger charge is 2.36. The summed E-state index contributed by atoms with van der Waals surface area (Å²) < 4.78 is 14.2. The fraction of sp³-hybridized carbons (Fsp3) is 0.211. The lowest BCUT2D eigenvalue weighted by Gasteiger charge is -2.18. The van der Waals surface area contributed by atoms with Crippen molar-refractivity contribution in [3.8, 4) is 0 Å². The molecule has 1 aliphatic rings. The van der Waals surface area contributed by atoms with Crippen LogP contribution in [-0.4, -0.2) is 28.6 Å². The molecule has 2 aromatic carbocycles. The lowest BCUT2D eigenvalue weighted by molar-refractivity contribution is -0.122. The molecular formula is C19H17FN4O2. The van der Waals surface area contributed by atoms with Gasteiger partial charge in [-0.25, -0.2) is 4.39 Å². The summed E-state index contributed by atoms with van der Waals surface area (Å²) in [5, 5.41) is 10.5. The maximum absolute atomic E-state index is 14.2. The Morgan fingerprint density at radius 1 is 1.35 bits per heavy atom. The van der Waals surface area contributed by atoms with Crippen LogP contribution in [0, 0.1) is 18.7 Å². The van der Waals surface area contributed by atoms with Crippen molar-refractivity contribution < 1.29 is 14.0 Å². The molecule has 1 aliphatic heterocycles. The van der Waals surface area contributed by atoms with Crippen LogP contribution in [0.3, 0.4) is 0 Å². The van der Waals surface area contributed by atoms with E-state index >= 15 is 0 Å². The van der Waals surface area contributed by atoms with E-state index in [0.717, 1.165) is 16.5 Å². The van der Waals surface area contributed by atoms with Gasteiger partial charge in [-0.15, -0.1) is 0 Å². The van der Waals surface area contributed by atoms with Gasteiger partial charge in [0.2, 0.25) is 11.8 Å². The summed E-state index contributed by atoms with van der Waals surface area (Å²) in [6.45, 7) is 1.94. The number of halogens is 1. The number of nitrogens with zero attached hydrogens (tertiary/aromatic N) is 2. The van der Waals surface area contributed by atoms with Gasteiger partial charge in [-0.2, -0.15) is 5.10 Å². The second kappa shape index (κ2) is 6.25. The summed E-state index contributed by atoms with van der Waals surface area (Å²) in [6, 6.07) is 10.2. The van der Waals surface area contributed by atoms with Crippen LogP contribution < -0.4 is 10.2 Å². The van der Waals surface area contributed by atoms with Crippen LogP contribution in [0.1, 0.15) is 12.0 Å². The molecule has 0 aliphatic carbocycles. The molecule has 1 aromatic heterocycles. The molecule has 4 rings (SSSR count). The average molecular weight is 352 g/mol. The smallest absolute Gasteiger partial charge is 0.229 e. The number of hydrogen-bond acceptors (Lipinski definition) is 3. The van der Waals surface area contributed by atoms with Gasteiger partial charge in [-0.05, 0) is 30.7 Å². The number of fused-ring (bicyclic) bond motifs is 1. The maximum atomic E-state index is 14.2. The largest absolute Gasteiger partial charge is 0.324 e. The molecule has 2 amide bonds. The second-order valence-corrected chi connectivity index (χ2v) is 6.49. The summed E-state index contributed by atoms with van der Waals surface area (Å²) in [5.74, 6) is -1.52. The van der Waals surface area contributed by atoms with Gasteiger partial charge in [0.1, 0.15) is 5.82 Å². The van der Waals surface area contributed by atoms with Crippen LogP contribution in [0.25, 0.3) is 10.9 Å². The first kappa shape index (κ1) is 16.3. The van der Waals surface area contributed by atoms with Gasteiger partial charge in [0.15, 0.2) is 0 Å². The SMILES string of the molecule is Cc1ccc(N2CC(C(=O)Nc3cccc4cn[nH]c34)CC2=O)c(F)c1. The molecule has 6 nitrogen and oxygen atoms in total. The van der Waals surface area contributed by atoms with Crippen LogP contribution in [-0.2, 0) is 9.59 Å². The van der Waals surface area contributed by atoms with E-state index in [4.69, 9.17) is 0 Å². The molecule has 0 spiro atoms. The minimum Gasteiger partial charge on any atom is -0.324 e. The number of aromatic nitrogens is 2. The van der Waals surface area contributed by atoms with Gasteiger partial charge < -0.3 is 10.2 Å². The Labute approximate surface area is 149 Å². The fourth-order valence-corrected chi connectivity index (χ4v) is 3.25. The number of carbonyl (C=O) groups is 2. The van der Waals surface area contributed by atoms with Crippen LogP contribution >= 0.6 is 0 Å². The number of H-pyrrole nitrogens is 1. The highest BCUT2D eigenvalue weighted by molar-refractivity contribution is 6.06. The number of aromatic amines is 1. The molecule has 2 heterocycles.